The zero-order valence-electron chi connectivity index (χ0n) is 14.1. The van der Waals surface area contributed by atoms with Gasteiger partial charge < -0.3 is 4.74 Å². The van der Waals surface area contributed by atoms with Crippen LogP contribution in [0.2, 0.25) is 10.0 Å². The van der Waals surface area contributed by atoms with E-state index in [0.29, 0.717) is 10.6 Å². The highest BCUT2D eigenvalue weighted by Crippen LogP contribution is 2.28. The van der Waals surface area contributed by atoms with Crippen molar-refractivity contribution in [2.24, 2.45) is 0 Å². The number of amides is 2. The van der Waals surface area contributed by atoms with E-state index < -0.39 is 22.8 Å². The van der Waals surface area contributed by atoms with E-state index in [1.165, 1.54) is 43.3 Å². The van der Waals surface area contributed by atoms with Gasteiger partial charge in [-0.3, -0.25) is 30.6 Å². The van der Waals surface area contributed by atoms with E-state index in [0.717, 1.165) is 0 Å². The summed E-state index contributed by atoms with van der Waals surface area (Å²) in [4.78, 5) is 33.9. The number of carbonyl (C=O) groups excluding carboxylic acids is 2. The van der Waals surface area contributed by atoms with Crippen molar-refractivity contribution in [3.05, 3.63) is 68.2 Å². The van der Waals surface area contributed by atoms with E-state index >= 15 is 0 Å². The van der Waals surface area contributed by atoms with Crippen molar-refractivity contribution in [2.75, 3.05) is 0 Å². The first-order valence-electron chi connectivity index (χ1n) is 7.70. The first kappa shape index (κ1) is 20.5. The summed E-state index contributed by atoms with van der Waals surface area (Å²) in [5, 5.41) is 11.3. The van der Waals surface area contributed by atoms with Gasteiger partial charge in [-0.15, -0.1) is 0 Å². The number of hydrazine groups is 1. The zero-order chi connectivity index (χ0) is 20.0. The molecule has 2 N–H and O–H groups in total. The van der Waals surface area contributed by atoms with Gasteiger partial charge in [0, 0.05) is 17.2 Å². The predicted molar refractivity (Wildman–Crippen MR) is 99.6 cm³/mol. The molecule has 1 atom stereocenters. The SMILES string of the molecule is CC(Oc1ccc(Cl)cc1Cl)C(=O)NNC(=O)Cc1ccc([N+](=O)[O-])cc1. The van der Waals surface area contributed by atoms with Gasteiger partial charge in [-0.2, -0.15) is 0 Å². The zero-order valence-corrected chi connectivity index (χ0v) is 15.6. The minimum Gasteiger partial charge on any atom is -0.479 e. The molecule has 0 saturated heterocycles. The van der Waals surface area contributed by atoms with Crippen LogP contribution >= 0.6 is 23.2 Å². The highest BCUT2D eigenvalue weighted by atomic mass is 35.5. The maximum absolute atomic E-state index is 12.0. The van der Waals surface area contributed by atoms with Crippen molar-refractivity contribution < 1.29 is 19.2 Å². The molecular formula is C17H15Cl2N3O5. The Hall–Kier alpha value is -2.84. The number of ether oxygens (including phenoxy) is 1. The number of hydrogen-bond acceptors (Lipinski definition) is 5. The monoisotopic (exact) mass is 411 g/mol. The number of nitrogens with zero attached hydrogens (tertiary/aromatic N) is 1. The smallest absolute Gasteiger partial charge is 0.279 e. The number of nitro groups is 1. The average Bonchev–Trinajstić information content (AvgIpc) is 2.62. The number of hydrogen-bond donors (Lipinski definition) is 2. The molecule has 0 fully saturated rings. The molecule has 0 aliphatic rings. The summed E-state index contributed by atoms with van der Waals surface area (Å²) < 4.78 is 5.43. The Morgan fingerprint density at radius 1 is 1.15 bits per heavy atom. The van der Waals surface area contributed by atoms with E-state index in [1.54, 1.807) is 6.07 Å². The Labute approximate surface area is 164 Å². The summed E-state index contributed by atoms with van der Waals surface area (Å²) >= 11 is 11.8. The molecule has 142 valence electrons. The van der Waals surface area contributed by atoms with Gasteiger partial charge in [0.25, 0.3) is 11.6 Å². The maximum atomic E-state index is 12.0. The summed E-state index contributed by atoms with van der Waals surface area (Å²) in [6, 6.07) is 10.1. The highest BCUT2D eigenvalue weighted by Gasteiger charge is 2.17. The molecule has 0 aliphatic heterocycles. The van der Waals surface area contributed by atoms with E-state index in [2.05, 4.69) is 10.9 Å². The fraction of sp³-hybridized carbons (Fsp3) is 0.176. The number of rotatable bonds is 6. The van der Waals surface area contributed by atoms with Crippen molar-refractivity contribution in [3.63, 3.8) is 0 Å². The molecule has 2 rings (SSSR count). The summed E-state index contributed by atoms with van der Waals surface area (Å²) in [5.41, 5.74) is 4.98. The molecule has 8 nitrogen and oxygen atoms in total. The first-order chi connectivity index (χ1) is 12.8. The third-order valence-electron chi connectivity index (χ3n) is 3.40. The molecule has 0 saturated carbocycles. The van der Waals surface area contributed by atoms with Crippen LogP contribution in [-0.4, -0.2) is 22.8 Å². The topological polar surface area (TPSA) is 111 Å². The third kappa shape index (κ3) is 6.12. The van der Waals surface area contributed by atoms with Crippen LogP contribution in [-0.2, 0) is 16.0 Å². The number of carbonyl (C=O) groups is 2. The second-order valence-corrected chi connectivity index (χ2v) is 6.32. The summed E-state index contributed by atoms with van der Waals surface area (Å²) in [5.74, 6) is -0.798. The average molecular weight is 412 g/mol. The summed E-state index contributed by atoms with van der Waals surface area (Å²) in [6.07, 6.45) is -0.986. The fourth-order valence-corrected chi connectivity index (χ4v) is 2.47. The second-order valence-electron chi connectivity index (χ2n) is 5.47. The van der Waals surface area contributed by atoms with Crippen molar-refractivity contribution in [1.82, 2.24) is 10.9 Å². The number of non-ortho nitro benzene ring substituents is 1. The minimum absolute atomic E-state index is 0.0590. The molecular weight excluding hydrogens is 397 g/mol. The highest BCUT2D eigenvalue weighted by molar-refractivity contribution is 6.35. The third-order valence-corrected chi connectivity index (χ3v) is 3.93. The lowest BCUT2D eigenvalue weighted by molar-refractivity contribution is -0.384. The van der Waals surface area contributed by atoms with Crippen LogP contribution in [0.25, 0.3) is 0 Å². The molecule has 0 radical (unpaired) electrons. The molecule has 2 amide bonds. The lowest BCUT2D eigenvalue weighted by Gasteiger charge is -2.16. The number of nitro benzene ring substituents is 1. The van der Waals surface area contributed by atoms with Gasteiger partial charge in [0.15, 0.2) is 6.10 Å². The maximum Gasteiger partial charge on any atom is 0.279 e. The minimum atomic E-state index is -0.927. The number of benzene rings is 2. The van der Waals surface area contributed by atoms with Crippen LogP contribution in [0.15, 0.2) is 42.5 Å². The Morgan fingerprint density at radius 3 is 2.41 bits per heavy atom. The lowest BCUT2D eigenvalue weighted by atomic mass is 10.1. The molecule has 0 aliphatic carbocycles. The second kappa shape index (κ2) is 9.20. The molecule has 10 heteroatoms. The molecule has 0 aromatic heterocycles. The fourth-order valence-electron chi connectivity index (χ4n) is 2.01. The quantitative estimate of drug-likeness (QED) is 0.560. The first-order valence-corrected chi connectivity index (χ1v) is 8.45. The van der Waals surface area contributed by atoms with Crippen LogP contribution in [0.1, 0.15) is 12.5 Å². The predicted octanol–water partition coefficient (Wildman–Crippen LogP) is 3.06. The van der Waals surface area contributed by atoms with E-state index in [-0.39, 0.29) is 22.9 Å². The standard InChI is InChI=1S/C17H15Cl2N3O5/c1-10(27-15-7-4-12(18)9-14(15)19)17(24)21-20-16(23)8-11-2-5-13(6-3-11)22(25)26/h2-7,9-10H,8H2,1H3,(H,20,23)(H,21,24). The molecule has 0 spiro atoms. The van der Waals surface area contributed by atoms with Crippen molar-refractivity contribution >= 4 is 40.7 Å². The van der Waals surface area contributed by atoms with Gasteiger partial charge in [0.05, 0.1) is 16.4 Å². The number of nitrogens with one attached hydrogen (secondary N) is 2. The molecule has 0 heterocycles. The normalized spacial score (nSPS) is 11.4. The van der Waals surface area contributed by atoms with Gasteiger partial charge in [-0.1, -0.05) is 35.3 Å². The van der Waals surface area contributed by atoms with E-state index in [9.17, 15) is 19.7 Å². The van der Waals surface area contributed by atoms with E-state index in [4.69, 9.17) is 27.9 Å². The van der Waals surface area contributed by atoms with Gasteiger partial charge in [0.1, 0.15) is 5.75 Å². The summed E-state index contributed by atoms with van der Waals surface area (Å²) in [7, 11) is 0. The largest absolute Gasteiger partial charge is 0.479 e. The molecule has 2 aromatic carbocycles. The molecule has 27 heavy (non-hydrogen) atoms. The molecule has 2 aromatic rings. The van der Waals surface area contributed by atoms with Gasteiger partial charge in [-0.25, -0.2) is 0 Å². The summed E-state index contributed by atoms with van der Waals surface area (Å²) in [6.45, 7) is 1.49. The Balaban J connectivity index is 1.83. The van der Waals surface area contributed by atoms with Crippen LogP contribution in [0.5, 0.6) is 5.75 Å². The number of halogens is 2. The van der Waals surface area contributed by atoms with Crippen LogP contribution in [0.4, 0.5) is 5.69 Å². The van der Waals surface area contributed by atoms with E-state index in [1.807, 2.05) is 0 Å². The van der Waals surface area contributed by atoms with Gasteiger partial charge in [0.2, 0.25) is 5.91 Å². The van der Waals surface area contributed by atoms with Crippen LogP contribution in [0, 0.1) is 10.1 Å². The molecule has 1 unspecified atom stereocenters. The molecule has 0 bridgehead atoms. The van der Waals surface area contributed by atoms with Gasteiger partial charge in [-0.05, 0) is 30.7 Å². The van der Waals surface area contributed by atoms with Crippen LogP contribution in [0.3, 0.4) is 0 Å². The lowest BCUT2D eigenvalue weighted by Crippen LogP contribution is -2.47. The van der Waals surface area contributed by atoms with Crippen molar-refractivity contribution in [2.45, 2.75) is 19.4 Å². The van der Waals surface area contributed by atoms with Crippen molar-refractivity contribution in [3.8, 4) is 5.75 Å². The Bertz CT molecular complexity index is 858. The van der Waals surface area contributed by atoms with Crippen LogP contribution < -0.4 is 15.6 Å². The Kier molecular flexibility index (Phi) is 6.98. The van der Waals surface area contributed by atoms with Crippen molar-refractivity contribution in [1.29, 1.82) is 0 Å². The van der Waals surface area contributed by atoms with Gasteiger partial charge >= 0.3 is 0 Å². The Morgan fingerprint density at radius 2 is 1.81 bits per heavy atom.